The van der Waals surface area contributed by atoms with Gasteiger partial charge in [0.2, 0.25) is 0 Å². The normalized spacial score (nSPS) is 19.5. The van der Waals surface area contributed by atoms with Crippen LogP contribution in [-0.2, 0) is 0 Å². The summed E-state index contributed by atoms with van der Waals surface area (Å²) in [5.74, 6) is 2.77. The molecule has 0 spiro atoms. The van der Waals surface area contributed by atoms with Gasteiger partial charge in [-0.2, -0.15) is 11.8 Å². The summed E-state index contributed by atoms with van der Waals surface area (Å²) in [5.41, 5.74) is 0.719. The SMILES string of the molecule is CCCCCSCC1(CBr)CC1. The summed E-state index contributed by atoms with van der Waals surface area (Å²) >= 11 is 5.76. The van der Waals surface area contributed by atoms with E-state index in [2.05, 4.69) is 34.6 Å². The van der Waals surface area contributed by atoms with Crippen LogP contribution in [0.5, 0.6) is 0 Å². The summed E-state index contributed by atoms with van der Waals surface area (Å²) in [6, 6.07) is 0. The maximum atomic E-state index is 3.60. The summed E-state index contributed by atoms with van der Waals surface area (Å²) in [6.45, 7) is 2.27. The topological polar surface area (TPSA) is 0 Å². The Balaban J connectivity index is 1.89. The van der Waals surface area contributed by atoms with Crippen molar-refractivity contribution in [2.75, 3.05) is 16.8 Å². The molecule has 0 radical (unpaired) electrons. The van der Waals surface area contributed by atoms with Gasteiger partial charge in [0.15, 0.2) is 0 Å². The molecule has 0 heterocycles. The Morgan fingerprint density at radius 1 is 1.33 bits per heavy atom. The van der Waals surface area contributed by atoms with Crippen LogP contribution in [0.15, 0.2) is 0 Å². The Morgan fingerprint density at radius 3 is 2.58 bits per heavy atom. The van der Waals surface area contributed by atoms with E-state index in [0.717, 1.165) is 5.41 Å². The molecule has 0 atom stereocenters. The third-order valence-electron chi connectivity index (χ3n) is 2.54. The van der Waals surface area contributed by atoms with Crippen molar-refractivity contribution in [1.29, 1.82) is 0 Å². The molecular formula is C10H19BrS. The highest BCUT2D eigenvalue weighted by Crippen LogP contribution is 2.49. The summed E-state index contributed by atoms with van der Waals surface area (Å²) in [7, 11) is 0. The van der Waals surface area contributed by atoms with Crippen LogP contribution in [-0.4, -0.2) is 16.8 Å². The molecule has 72 valence electrons. The first kappa shape index (κ1) is 10.9. The smallest absolute Gasteiger partial charge is 0.00958 e. The molecule has 1 fully saturated rings. The Kier molecular flexibility index (Phi) is 5.03. The Morgan fingerprint density at radius 2 is 2.08 bits per heavy atom. The maximum Gasteiger partial charge on any atom is 0.00958 e. The standard InChI is InChI=1S/C10H19BrS/c1-2-3-4-7-12-9-10(8-11)5-6-10/h2-9H2,1H3. The lowest BCUT2D eigenvalue weighted by Gasteiger charge is -2.09. The molecule has 1 saturated carbocycles. The second-order valence-corrected chi connectivity index (χ2v) is 5.56. The van der Waals surface area contributed by atoms with Crippen molar-refractivity contribution < 1.29 is 0 Å². The third kappa shape index (κ3) is 3.69. The zero-order valence-corrected chi connectivity index (χ0v) is 10.3. The molecule has 0 aliphatic heterocycles. The molecule has 0 saturated heterocycles. The molecule has 0 bridgehead atoms. The van der Waals surface area contributed by atoms with E-state index in [1.54, 1.807) is 0 Å². The van der Waals surface area contributed by atoms with E-state index in [0.29, 0.717) is 0 Å². The number of alkyl halides is 1. The van der Waals surface area contributed by atoms with Crippen LogP contribution >= 0.6 is 27.7 Å². The van der Waals surface area contributed by atoms with E-state index in [1.165, 1.54) is 48.9 Å². The molecule has 1 aliphatic rings. The maximum absolute atomic E-state index is 3.60. The molecule has 1 aliphatic carbocycles. The fourth-order valence-electron chi connectivity index (χ4n) is 1.24. The second-order valence-electron chi connectivity index (χ2n) is 3.89. The zero-order chi connectivity index (χ0) is 8.86. The molecule has 0 aromatic rings. The lowest BCUT2D eigenvalue weighted by atomic mass is 10.2. The molecule has 2 heteroatoms. The van der Waals surface area contributed by atoms with E-state index in [9.17, 15) is 0 Å². The van der Waals surface area contributed by atoms with Crippen LogP contribution < -0.4 is 0 Å². The number of thioether (sulfide) groups is 1. The van der Waals surface area contributed by atoms with Gasteiger partial charge in [0, 0.05) is 5.33 Å². The minimum absolute atomic E-state index is 0.719. The minimum atomic E-state index is 0.719. The molecule has 0 N–H and O–H groups in total. The average molecular weight is 251 g/mol. The van der Waals surface area contributed by atoms with Crippen LogP contribution in [0.4, 0.5) is 0 Å². The molecule has 0 amide bonds. The Hall–Kier alpha value is 0.830. The van der Waals surface area contributed by atoms with E-state index < -0.39 is 0 Å². The van der Waals surface area contributed by atoms with Crippen LogP contribution in [0, 0.1) is 5.41 Å². The fourth-order valence-corrected chi connectivity index (χ4v) is 3.63. The van der Waals surface area contributed by atoms with Crippen molar-refractivity contribution in [1.82, 2.24) is 0 Å². The van der Waals surface area contributed by atoms with Crippen molar-refractivity contribution in [2.45, 2.75) is 39.0 Å². The fraction of sp³-hybridized carbons (Fsp3) is 1.00. The van der Waals surface area contributed by atoms with Crippen LogP contribution in [0.2, 0.25) is 0 Å². The number of rotatable bonds is 7. The van der Waals surface area contributed by atoms with Gasteiger partial charge >= 0.3 is 0 Å². The predicted molar refractivity (Wildman–Crippen MR) is 62.3 cm³/mol. The van der Waals surface area contributed by atoms with Gasteiger partial charge in [-0.25, -0.2) is 0 Å². The number of halogens is 1. The molecular weight excluding hydrogens is 232 g/mol. The summed E-state index contributed by atoms with van der Waals surface area (Å²) in [4.78, 5) is 0. The van der Waals surface area contributed by atoms with E-state index in [-0.39, 0.29) is 0 Å². The van der Waals surface area contributed by atoms with Crippen molar-refractivity contribution >= 4 is 27.7 Å². The number of hydrogen-bond donors (Lipinski definition) is 0. The highest BCUT2D eigenvalue weighted by Gasteiger charge is 2.40. The molecule has 0 aromatic carbocycles. The summed E-state index contributed by atoms with van der Waals surface area (Å²) < 4.78 is 0. The zero-order valence-electron chi connectivity index (χ0n) is 7.94. The Bertz CT molecular complexity index is 121. The molecule has 0 aromatic heterocycles. The van der Waals surface area contributed by atoms with Crippen molar-refractivity contribution in [3.05, 3.63) is 0 Å². The quantitative estimate of drug-likeness (QED) is 0.485. The van der Waals surface area contributed by atoms with E-state index >= 15 is 0 Å². The first-order valence-electron chi connectivity index (χ1n) is 4.97. The van der Waals surface area contributed by atoms with Crippen LogP contribution in [0.1, 0.15) is 39.0 Å². The lowest BCUT2D eigenvalue weighted by molar-refractivity contribution is 0.684. The van der Waals surface area contributed by atoms with Crippen LogP contribution in [0.25, 0.3) is 0 Å². The van der Waals surface area contributed by atoms with Gasteiger partial charge in [0.25, 0.3) is 0 Å². The highest BCUT2D eigenvalue weighted by atomic mass is 79.9. The lowest BCUT2D eigenvalue weighted by Crippen LogP contribution is -2.05. The van der Waals surface area contributed by atoms with Crippen LogP contribution in [0.3, 0.4) is 0 Å². The molecule has 0 unspecified atom stereocenters. The monoisotopic (exact) mass is 250 g/mol. The van der Waals surface area contributed by atoms with Gasteiger partial charge in [-0.3, -0.25) is 0 Å². The second kappa shape index (κ2) is 5.54. The molecule has 12 heavy (non-hydrogen) atoms. The highest BCUT2D eigenvalue weighted by molar-refractivity contribution is 9.09. The first-order valence-corrected chi connectivity index (χ1v) is 7.24. The van der Waals surface area contributed by atoms with Gasteiger partial charge in [0.1, 0.15) is 0 Å². The van der Waals surface area contributed by atoms with Gasteiger partial charge < -0.3 is 0 Å². The van der Waals surface area contributed by atoms with Crippen molar-refractivity contribution in [3.8, 4) is 0 Å². The van der Waals surface area contributed by atoms with Gasteiger partial charge in [-0.1, -0.05) is 35.7 Å². The summed E-state index contributed by atoms with van der Waals surface area (Å²) in [5, 5.41) is 1.22. The summed E-state index contributed by atoms with van der Waals surface area (Å²) in [6.07, 6.45) is 7.09. The number of unbranched alkanes of at least 4 members (excludes halogenated alkanes) is 2. The molecule has 1 rings (SSSR count). The van der Waals surface area contributed by atoms with Crippen molar-refractivity contribution in [3.63, 3.8) is 0 Å². The van der Waals surface area contributed by atoms with Crippen molar-refractivity contribution in [2.24, 2.45) is 5.41 Å². The third-order valence-corrected chi connectivity index (χ3v) is 5.12. The first-order chi connectivity index (χ1) is 5.83. The predicted octanol–water partition coefficient (Wildman–Crippen LogP) is 4.08. The van der Waals surface area contributed by atoms with Gasteiger partial charge in [0.05, 0.1) is 0 Å². The van der Waals surface area contributed by atoms with Gasteiger partial charge in [-0.05, 0) is 36.2 Å². The van der Waals surface area contributed by atoms with Gasteiger partial charge in [-0.15, -0.1) is 0 Å². The average Bonchev–Trinajstić information content (AvgIpc) is 2.85. The largest absolute Gasteiger partial charge is 0.161 e. The van der Waals surface area contributed by atoms with E-state index in [1.807, 2.05) is 0 Å². The number of hydrogen-bond acceptors (Lipinski definition) is 1. The minimum Gasteiger partial charge on any atom is -0.161 e. The van der Waals surface area contributed by atoms with E-state index in [4.69, 9.17) is 0 Å². The Labute approximate surface area is 89.0 Å². The molecule has 0 nitrogen and oxygen atoms in total.